The molecule has 5 rings (SSSR count). The Kier molecular flexibility index (Phi) is 6.40. The van der Waals surface area contributed by atoms with E-state index >= 15 is 0 Å². The van der Waals surface area contributed by atoms with Gasteiger partial charge in [-0.05, 0) is 24.0 Å². The first-order valence-corrected chi connectivity index (χ1v) is 11.9. The number of rotatable bonds is 4. The van der Waals surface area contributed by atoms with Crippen molar-refractivity contribution >= 4 is 17.8 Å². The Hall–Kier alpha value is -3.86. The van der Waals surface area contributed by atoms with Gasteiger partial charge in [0.15, 0.2) is 0 Å². The third-order valence-electron chi connectivity index (χ3n) is 7.09. The molecule has 0 saturated carbocycles. The molecule has 0 spiro atoms. The van der Waals surface area contributed by atoms with E-state index in [-0.39, 0.29) is 43.0 Å². The molecule has 2 aliphatic heterocycles. The summed E-state index contributed by atoms with van der Waals surface area (Å²) in [6.45, 7) is 0.294. The lowest BCUT2D eigenvalue weighted by Crippen LogP contribution is -2.45. The minimum Gasteiger partial charge on any atom is -0.465 e. The van der Waals surface area contributed by atoms with Gasteiger partial charge in [-0.3, -0.25) is 4.79 Å². The molecule has 3 aromatic rings. The Morgan fingerprint density at radius 1 is 1.00 bits per heavy atom. The van der Waals surface area contributed by atoms with Crippen LogP contribution in [0.15, 0.2) is 60.7 Å². The smallest absolute Gasteiger partial charge is 0.407 e. The number of hydrogen-bond acceptors (Lipinski definition) is 4. The molecule has 2 atom stereocenters. The van der Waals surface area contributed by atoms with Crippen LogP contribution in [-0.4, -0.2) is 62.3 Å². The number of halogens is 3. The Bertz CT molecular complexity index is 1250. The SMILES string of the molecule is O=C1Nc2c(c(C3CCN(C(=O)O)CC3)nn2C(c2ccccc2)c2ccccc2)[C@H](C(F)(F)F)[C@@H]1O. The number of nitrogens with one attached hydrogen (secondary N) is 1. The van der Waals surface area contributed by atoms with Crippen molar-refractivity contribution in [2.24, 2.45) is 0 Å². The summed E-state index contributed by atoms with van der Waals surface area (Å²) in [4.78, 5) is 25.2. The van der Waals surface area contributed by atoms with Crippen molar-refractivity contribution in [2.45, 2.75) is 43.0 Å². The van der Waals surface area contributed by atoms with E-state index in [1.54, 1.807) is 0 Å². The molecule has 194 valence electrons. The zero-order chi connectivity index (χ0) is 26.3. The van der Waals surface area contributed by atoms with Gasteiger partial charge in [0.2, 0.25) is 0 Å². The number of hydrogen-bond donors (Lipinski definition) is 3. The zero-order valence-electron chi connectivity index (χ0n) is 19.6. The van der Waals surface area contributed by atoms with Gasteiger partial charge in [-0.15, -0.1) is 0 Å². The molecule has 1 fully saturated rings. The van der Waals surface area contributed by atoms with E-state index in [2.05, 4.69) is 5.32 Å². The van der Waals surface area contributed by atoms with Crippen LogP contribution < -0.4 is 5.32 Å². The number of carbonyl (C=O) groups is 2. The van der Waals surface area contributed by atoms with Crippen LogP contribution >= 0.6 is 0 Å². The second kappa shape index (κ2) is 9.55. The fourth-order valence-corrected chi connectivity index (χ4v) is 5.32. The fourth-order valence-electron chi connectivity index (χ4n) is 5.32. The highest BCUT2D eigenvalue weighted by atomic mass is 19.4. The molecule has 0 bridgehead atoms. The van der Waals surface area contributed by atoms with Gasteiger partial charge in [-0.1, -0.05) is 60.7 Å². The lowest BCUT2D eigenvalue weighted by atomic mass is 9.83. The largest absolute Gasteiger partial charge is 0.465 e. The Morgan fingerprint density at radius 3 is 2.03 bits per heavy atom. The summed E-state index contributed by atoms with van der Waals surface area (Å²) in [7, 11) is 0. The quantitative estimate of drug-likeness (QED) is 0.480. The molecule has 2 aromatic carbocycles. The number of amides is 2. The molecule has 2 aliphatic rings. The summed E-state index contributed by atoms with van der Waals surface area (Å²) in [6.07, 6.45) is -7.78. The topological polar surface area (TPSA) is 108 Å². The predicted molar refractivity (Wildman–Crippen MR) is 127 cm³/mol. The maximum absolute atomic E-state index is 14.4. The van der Waals surface area contributed by atoms with Gasteiger partial charge >= 0.3 is 12.3 Å². The minimum absolute atomic E-state index is 0.106. The number of fused-ring (bicyclic) bond motifs is 1. The summed E-state index contributed by atoms with van der Waals surface area (Å²) in [5.41, 5.74) is 1.36. The molecule has 37 heavy (non-hydrogen) atoms. The standard InChI is InChI=1S/C26H25F3N4O4/c27-26(28,29)19-18-20(15-11-13-32(14-12-15)25(36)37)31-33(23(18)30-24(35)22(19)34)21(16-7-3-1-4-8-16)17-9-5-2-6-10-17/h1-10,15,19,21-22,34H,11-14H2,(H,30,35)(H,36,37)/t19-,22-/m0/s1. The molecule has 11 heteroatoms. The van der Waals surface area contributed by atoms with Crippen LogP contribution in [0.2, 0.25) is 0 Å². The number of piperidine rings is 1. The number of carboxylic acid groups (broad SMARTS) is 1. The highest BCUT2D eigenvalue weighted by Crippen LogP contribution is 2.49. The highest BCUT2D eigenvalue weighted by molar-refractivity contribution is 5.97. The average molecular weight is 515 g/mol. The van der Waals surface area contributed by atoms with E-state index in [0.717, 1.165) is 11.1 Å². The van der Waals surface area contributed by atoms with Gasteiger partial charge in [0.25, 0.3) is 5.91 Å². The first-order valence-electron chi connectivity index (χ1n) is 11.9. The van der Waals surface area contributed by atoms with Crippen LogP contribution in [0.25, 0.3) is 0 Å². The molecule has 0 aliphatic carbocycles. The number of alkyl halides is 3. The van der Waals surface area contributed by atoms with Gasteiger partial charge < -0.3 is 20.4 Å². The van der Waals surface area contributed by atoms with Crippen molar-refractivity contribution in [1.29, 1.82) is 0 Å². The molecule has 0 radical (unpaired) electrons. The molecule has 2 amide bonds. The molecular formula is C26H25F3N4O4. The number of aliphatic hydroxyl groups is 1. The van der Waals surface area contributed by atoms with Gasteiger partial charge in [0, 0.05) is 24.6 Å². The summed E-state index contributed by atoms with van der Waals surface area (Å²) >= 11 is 0. The summed E-state index contributed by atoms with van der Waals surface area (Å²) in [5.74, 6) is -4.19. The molecule has 1 aromatic heterocycles. The van der Waals surface area contributed by atoms with Crippen LogP contribution in [0, 0.1) is 0 Å². The lowest BCUT2D eigenvalue weighted by molar-refractivity contribution is -0.177. The van der Waals surface area contributed by atoms with E-state index in [1.807, 2.05) is 60.7 Å². The van der Waals surface area contributed by atoms with Crippen LogP contribution in [0.4, 0.5) is 23.8 Å². The molecule has 0 unspecified atom stereocenters. The van der Waals surface area contributed by atoms with Crippen LogP contribution in [0.1, 0.15) is 53.1 Å². The Balaban J connectivity index is 1.71. The third-order valence-corrected chi connectivity index (χ3v) is 7.09. The number of likely N-dealkylation sites (tertiary alicyclic amines) is 1. The predicted octanol–water partition coefficient (Wildman–Crippen LogP) is 4.34. The van der Waals surface area contributed by atoms with Crippen LogP contribution in [0.3, 0.4) is 0 Å². The minimum atomic E-state index is -4.91. The molecule has 3 N–H and O–H groups in total. The third kappa shape index (κ3) is 4.55. The van der Waals surface area contributed by atoms with Crippen molar-refractivity contribution in [2.75, 3.05) is 18.4 Å². The first-order chi connectivity index (χ1) is 17.7. The zero-order valence-corrected chi connectivity index (χ0v) is 19.6. The molecule has 8 nitrogen and oxygen atoms in total. The van der Waals surface area contributed by atoms with Crippen molar-refractivity contribution < 1.29 is 33.0 Å². The first kappa shape index (κ1) is 24.8. The molecule has 1 saturated heterocycles. The van der Waals surface area contributed by atoms with E-state index < -0.39 is 42.2 Å². The second-order valence-corrected chi connectivity index (χ2v) is 9.31. The lowest BCUT2D eigenvalue weighted by Gasteiger charge is -2.33. The van der Waals surface area contributed by atoms with E-state index in [4.69, 9.17) is 5.10 Å². The number of anilines is 1. The average Bonchev–Trinajstić information content (AvgIpc) is 3.23. The number of benzene rings is 2. The molecule has 3 heterocycles. The van der Waals surface area contributed by atoms with Crippen molar-refractivity contribution in [3.05, 3.63) is 83.0 Å². The Morgan fingerprint density at radius 2 is 1.54 bits per heavy atom. The van der Waals surface area contributed by atoms with Gasteiger partial charge in [-0.2, -0.15) is 18.3 Å². The summed E-state index contributed by atoms with van der Waals surface area (Å²) in [6, 6.07) is 17.6. The van der Waals surface area contributed by atoms with Gasteiger partial charge in [0.05, 0.1) is 5.69 Å². The van der Waals surface area contributed by atoms with Crippen molar-refractivity contribution in [3.8, 4) is 0 Å². The van der Waals surface area contributed by atoms with Crippen LogP contribution in [0.5, 0.6) is 0 Å². The monoisotopic (exact) mass is 514 g/mol. The van der Waals surface area contributed by atoms with Crippen molar-refractivity contribution in [3.63, 3.8) is 0 Å². The van der Waals surface area contributed by atoms with Crippen molar-refractivity contribution in [1.82, 2.24) is 14.7 Å². The van der Waals surface area contributed by atoms with E-state index in [1.165, 1.54) is 9.58 Å². The number of nitrogens with zero attached hydrogens (tertiary/aromatic N) is 3. The van der Waals surface area contributed by atoms with Crippen LogP contribution in [-0.2, 0) is 4.79 Å². The highest BCUT2D eigenvalue weighted by Gasteiger charge is 2.54. The summed E-state index contributed by atoms with van der Waals surface area (Å²) < 4.78 is 44.5. The van der Waals surface area contributed by atoms with Gasteiger partial charge in [-0.25, -0.2) is 9.48 Å². The number of carbonyl (C=O) groups excluding carboxylic acids is 1. The fraction of sp³-hybridized carbons (Fsp3) is 0.346. The number of aliphatic hydroxyl groups excluding tert-OH is 1. The van der Waals surface area contributed by atoms with E-state index in [0.29, 0.717) is 0 Å². The van der Waals surface area contributed by atoms with Gasteiger partial charge in [0.1, 0.15) is 23.9 Å². The second-order valence-electron chi connectivity index (χ2n) is 9.31. The molecular weight excluding hydrogens is 489 g/mol. The maximum atomic E-state index is 14.4. The maximum Gasteiger partial charge on any atom is 0.407 e. The Labute approximate surface area is 210 Å². The summed E-state index contributed by atoms with van der Waals surface area (Å²) in [5, 5.41) is 26.9. The number of aromatic nitrogens is 2. The van der Waals surface area contributed by atoms with E-state index in [9.17, 15) is 33.0 Å². The normalized spacial score (nSPS) is 20.6.